The monoisotopic (exact) mass is 343 g/mol. The van der Waals surface area contributed by atoms with Gasteiger partial charge < -0.3 is 10.6 Å². The van der Waals surface area contributed by atoms with Crippen molar-refractivity contribution in [2.45, 2.75) is 19.9 Å². The lowest BCUT2D eigenvalue weighted by atomic mass is 10.00. The van der Waals surface area contributed by atoms with Crippen molar-refractivity contribution >= 4 is 11.9 Å². The zero-order valence-electron chi connectivity index (χ0n) is 15.1. The molecule has 3 N–H and O–H groups in total. The van der Waals surface area contributed by atoms with Gasteiger partial charge in [0.1, 0.15) is 6.04 Å². The Labute approximate surface area is 147 Å². The maximum atomic E-state index is 12.6. The van der Waals surface area contributed by atoms with Crippen LogP contribution in [0.5, 0.6) is 0 Å². The number of nitrogens with zero attached hydrogens (tertiary/aromatic N) is 2. The van der Waals surface area contributed by atoms with Crippen molar-refractivity contribution in [1.29, 1.82) is 0 Å². The van der Waals surface area contributed by atoms with Gasteiger partial charge in [0.15, 0.2) is 0 Å². The number of aromatic nitrogens is 2. The predicted molar refractivity (Wildman–Crippen MR) is 98.7 cm³/mol. The van der Waals surface area contributed by atoms with Gasteiger partial charge in [-0.3, -0.25) is 19.5 Å². The van der Waals surface area contributed by atoms with E-state index < -0.39 is 0 Å². The van der Waals surface area contributed by atoms with E-state index in [9.17, 15) is 9.59 Å². The van der Waals surface area contributed by atoms with Crippen LogP contribution < -0.4 is 16.2 Å². The fourth-order valence-electron chi connectivity index (χ4n) is 2.67. The van der Waals surface area contributed by atoms with Gasteiger partial charge in [-0.05, 0) is 39.1 Å². The summed E-state index contributed by atoms with van der Waals surface area (Å²) in [5.74, 6) is 0.342. The van der Waals surface area contributed by atoms with Gasteiger partial charge in [0.2, 0.25) is 11.9 Å². The summed E-state index contributed by atoms with van der Waals surface area (Å²) in [5.41, 5.74) is 2.51. The van der Waals surface area contributed by atoms with Crippen LogP contribution in [-0.4, -0.2) is 48.0 Å². The van der Waals surface area contributed by atoms with Gasteiger partial charge >= 0.3 is 0 Å². The number of hydrogen-bond acceptors (Lipinski definition) is 5. The van der Waals surface area contributed by atoms with Gasteiger partial charge in [0.05, 0.1) is 0 Å². The van der Waals surface area contributed by atoms with Crippen LogP contribution in [0.4, 0.5) is 5.95 Å². The van der Waals surface area contributed by atoms with Gasteiger partial charge in [-0.1, -0.05) is 24.3 Å². The molecule has 1 atom stereocenters. The van der Waals surface area contributed by atoms with Crippen LogP contribution in [-0.2, 0) is 4.79 Å². The van der Waals surface area contributed by atoms with E-state index in [4.69, 9.17) is 0 Å². The summed E-state index contributed by atoms with van der Waals surface area (Å²) in [5, 5.41) is 5.93. The van der Waals surface area contributed by atoms with E-state index in [0.29, 0.717) is 24.7 Å². The number of carbonyl (C=O) groups is 1. The first-order valence-electron chi connectivity index (χ1n) is 8.20. The number of aryl methyl sites for hydroxylation is 2. The third kappa shape index (κ3) is 5.15. The minimum absolute atomic E-state index is 0.0632. The Morgan fingerprint density at radius 3 is 2.60 bits per heavy atom. The second-order valence-corrected chi connectivity index (χ2v) is 6.18. The van der Waals surface area contributed by atoms with Gasteiger partial charge in [-0.15, -0.1) is 0 Å². The summed E-state index contributed by atoms with van der Waals surface area (Å²) < 4.78 is 0. The number of H-pyrrole nitrogens is 1. The van der Waals surface area contributed by atoms with Crippen LogP contribution in [0, 0.1) is 13.8 Å². The number of anilines is 1. The molecule has 7 nitrogen and oxygen atoms in total. The Bertz CT molecular complexity index is 785. The first kappa shape index (κ1) is 18.7. The molecule has 0 spiro atoms. The minimum Gasteiger partial charge on any atom is -0.354 e. The van der Waals surface area contributed by atoms with Gasteiger partial charge in [0.25, 0.3) is 5.56 Å². The molecule has 0 unspecified atom stereocenters. The summed E-state index contributed by atoms with van der Waals surface area (Å²) in [7, 11) is 3.77. The molecule has 0 fully saturated rings. The minimum atomic E-state index is -0.349. The number of carbonyl (C=O) groups excluding carboxylic acids is 1. The second kappa shape index (κ2) is 8.43. The zero-order chi connectivity index (χ0) is 18.4. The molecule has 1 aromatic heterocycles. The maximum absolute atomic E-state index is 12.6. The first-order valence-corrected chi connectivity index (χ1v) is 8.20. The number of nitrogens with one attached hydrogen (secondary N) is 3. The number of rotatable bonds is 7. The number of hydrogen-bond donors (Lipinski definition) is 3. The predicted octanol–water partition coefficient (Wildman–Crippen LogP) is 1.22. The van der Waals surface area contributed by atoms with Crippen LogP contribution >= 0.6 is 0 Å². The Morgan fingerprint density at radius 2 is 1.96 bits per heavy atom. The molecule has 0 aliphatic heterocycles. The van der Waals surface area contributed by atoms with Crippen LogP contribution in [0.1, 0.15) is 22.9 Å². The number of benzene rings is 1. The molecule has 0 saturated carbocycles. The van der Waals surface area contributed by atoms with Crippen molar-refractivity contribution in [3.63, 3.8) is 0 Å². The highest BCUT2D eigenvalue weighted by atomic mass is 16.2. The summed E-state index contributed by atoms with van der Waals surface area (Å²) in [6.45, 7) is 4.64. The molecular formula is C18H25N5O2. The van der Waals surface area contributed by atoms with Gasteiger partial charge in [0, 0.05) is 24.8 Å². The zero-order valence-corrected chi connectivity index (χ0v) is 15.1. The molecule has 0 radical (unpaired) electrons. The molecular weight excluding hydrogens is 318 g/mol. The second-order valence-electron chi connectivity index (χ2n) is 6.18. The summed E-state index contributed by atoms with van der Waals surface area (Å²) >= 11 is 0. The highest BCUT2D eigenvalue weighted by Gasteiger charge is 2.23. The van der Waals surface area contributed by atoms with Crippen molar-refractivity contribution in [3.8, 4) is 0 Å². The third-order valence-electron chi connectivity index (χ3n) is 3.83. The standard InChI is InChI=1S/C18H25N5O2/c1-12-7-5-6-8-14(12)16(23(3)4)17(25)19-9-10-20-18-21-13(2)11-15(24)22-18/h5-8,11,16H,9-10H2,1-4H3,(H,19,25)(H2,20,21,22,24)/t16-/m0/s1. The fraction of sp³-hybridized carbons (Fsp3) is 0.389. The van der Waals surface area contributed by atoms with E-state index in [2.05, 4.69) is 20.6 Å². The normalized spacial score (nSPS) is 12.0. The fourth-order valence-corrected chi connectivity index (χ4v) is 2.67. The Balaban J connectivity index is 1.93. The smallest absolute Gasteiger partial charge is 0.252 e. The van der Waals surface area contributed by atoms with Gasteiger partial charge in [-0.2, -0.15) is 0 Å². The number of aromatic amines is 1. The molecule has 1 aromatic carbocycles. The third-order valence-corrected chi connectivity index (χ3v) is 3.83. The lowest BCUT2D eigenvalue weighted by molar-refractivity contribution is -0.125. The molecule has 2 aromatic rings. The van der Waals surface area contributed by atoms with E-state index in [1.165, 1.54) is 6.07 Å². The summed E-state index contributed by atoms with van der Waals surface area (Å²) in [6, 6.07) is 8.95. The SMILES string of the molecule is Cc1cc(=O)[nH]c(NCCNC(=O)[C@H](c2ccccc2C)N(C)C)n1. The Hall–Kier alpha value is -2.67. The van der Waals surface area contributed by atoms with Crippen LogP contribution in [0.2, 0.25) is 0 Å². The summed E-state index contributed by atoms with van der Waals surface area (Å²) in [6.07, 6.45) is 0. The molecule has 7 heteroatoms. The van der Waals surface area contributed by atoms with Crippen molar-refractivity contribution in [3.05, 3.63) is 57.5 Å². The molecule has 2 rings (SSSR count). The molecule has 0 bridgehead atoms. The number of amides is 1. The molecule has 0 aliphatic carbocycles. The lowest BCUT2D eigenvalue weighted by Crippen LogP contribution is -2.39. The highest BCUT2D eigenvalue weighted by molar-refractivity contribution is 5.83. The van der Waals surface area contributed by atoms with Crippen LogP contribution in [0.15, 0.2) is 35.1 Å². The Morgan fingerprint density at radius 1 is 1.24 bits per heavy atom. The molecule has 0 saturated heterocycles. The van der Waals surface area contributed by atoms with E-state index in [1.54, 1.807) is 6.92 Å². The largest absolute Gasteiger partial charge is 0.354 e. The van der Waals surface area contributed by atoms with Crippen molar-refractivity contribution in [2.75, 3.05) is 32.5 Å². The van der Waals surface area contributed by atoms with E-state index in [-0.39, 0.29) is 17.5 Å². The lowest BCUT2D eigenvalue weighted by Gasteiger charge is -2.25. The number of likely N-dealkylation sites (N-methyl/N-ethyl adjacent to an activating group) is 1. The van der Waals surface area contributed by atoms with Crippen molar-refractivity contribution < 1.29 is 4.79 Å². The maximum Gasteiger partial charge on any atom is 0.252 e. The van der Waals surface area contributed by atoms with Gasteiger partial charge in [-0.25, -0.2) is 4.98 Å². The molecule has 134 valence electrons. The Kier molecular flexibility index (Phi) is 6.30. The van der Waals surface area contributed by atoms with E-state index in [1.807, 2.05) is 50.2 Å². The molecule has 1 amide bonds. The van der Waals surface area contributed by atoms with Crippen molar-refractivity contribution in [2.24, 2.45) is 0 Å². The topological polar surface area (TPSA) is 90.1 Å². The van der Waals surface area contributed by atoms with Crippen LogP contribution in [0.3, 0.4) is 0 Å². The quantitative estimate of drug-likeness (QED) is 0.658. The molecule has 25 heavy (non-hydrogen) atoms. The van der Waals surface area contributed by atoms with Crippen molar-refractivity contribution in [1.82, 2.24) is 20.2 Å². The van der Waals surface area contributed by atoms with Crippen LogP contribution in [0.25, 0.3) is 0 Å². The van der Waals surface area contributed by atoms with E-state index in [0.717, 1.165) is 11.1 Å². The van der Waals surface area contributed by atoms with E-state index >= 15 is 0 Å². The average molecular weight is 343 g/mol. The average Bonchev–Trinajstić information content (AvgIpc) is 2.52. The highest BCUT2D eigenvalue weighted by Crippen LogP contribution is 2.21. The molecule has 0 aliphatic rings. The first-order chi connectivity index (χ1) is 11.9. The molecule has 1 heterocycles. The summed E-state index contributed by atoms with van der Waals surface area (Å²) in [4.78, 5) is 32.7.